The molecule has 2 aromatic heterocycles. The van der Waals surface area contributed by atoms with Crippen LogP contribution in [-0.2, 0) is 6.54 Å². The van der Waals surface area contributed by atoms with Crippen molar-refractivity contribution in [1.29, 1.82) is 0 Å². The second-order valence-corrected chi connectivity index (χ2v) is 5.21. The molecule has 0 saturated carbocycles. The first-order valence-corrected chi connectivity index (χ1v) is 7.31. The Bertz CT molecular complexity index is 942. The number of hydrogen-bond donors (Lipinski definition) is 3. The fourth-order valence-electron chi connectivity index (χ4n) is 2.41. The maximum atomic E-state index is 12.1. The molecule has 7 heteroatoms. The van der Waals surface area contributed by atoms with Crippen LogP contribution in [0.5, 0.6) is 11.5 Å². The molecular weight excluding hydrogens is 310 g/mol. The largest absolute Gasteiger partial charge is 0.497 e. The van der Waals surface area contributed by atoms with E-state index in [1.807, 2.05) is 24.3 Å². The molecule has 24 heavy (non-hydrogen) atoms. The topological polar surface area (TPSA) is 96.2 Å². The number of aromatic nitrogens is 2. The molecule has 0 aliphatic carbocycles. The summed E-state index contributed by atoms with van der Waals surface area (Å²) in [6.07, 6.45) is 1.37. The molecule has 0 unspecified atom stereocenters. The van der Waals surface area contributed by atoms with Crippen molar-refractivity contribution in [2.24, 2.45) is 0 Å². The van der Waals surface area contributed by atoms with E-state index in [9.17, 15) is 9.59 Å². The van der Waals surface area contributed by atoms with Crippen LogP contribution in [0.3, 0.4) is 0 Å². The molecule has 0 aliphatic rings. The molecule has 1 amide bonds. The molecule has 124 valence electrons. The third-order valence-electron chi connectivity index (χ3n) is 3.66. The summed E-state index contributed by atoms with van der Waals surface area (Å²) in [6.45, 7) is 0.309. The molecule has 3 aromatic rings. The zero-order chi connectivity index (χ0) is 17.1. The van der Waals surface area contributed by atoms with Gasteiger partial charge in [0, 0.05) is 28.9 Å². The number of methoxy groups -OCH3 is 2. The van der Waals surface area contributed by atoms with Crippen LogP contribution >= 0.6 is 0 Å². The third kappa shape index (κ3) is 3.10. The molecule has 2 heterocycles. The highest BCUT2D eigenvalue weighted by Crippen LogP contribution is 2.21. The quantitative estimate of drug-likeness (QED) is 0.666. The summed E-state index contributed by atoms with van der Waals surface area (Å²) in [5.41, 5.74) is 1.64. The predicted octanol–water partition coefficient (Wildman–Crippen LogP) is 1.80. The average Bonchev–Trinajstić information content (AvgIpc) is 3.01. The second-order valence-electron chi connectivity index (χ2n) is 5.21. The maximum Gasteiger partial charge on any atom is 0.268 e. The van der Waals surface area contributed by atoms with E-state index in [-0.39, 0.29) is 22.8 Å². The van der Waals surface area contributed by atoms with E-state index < -0.39 is 0 Å². The molecule has 0 bridgehead atoms. The Labute approximate surface area is 137 Å². The zero-order valence-corrected chi connectivity index (χ0v) is 13.3. The molecule has 0 aliphatic heterocycles. The van der Waals surface area contributed by atoms with Crippen LogP contribution in [0.1, 0.15) is 16.2 Å². The Hall–Kier alpha value is -3.22. The molecule has 1 aromatic carbocycles. The van der Waals surface area contributed by atoms with Gasteiger partial charge in [0.25, 0.3) is 5.91 Å². The van der Waals surface area contributed by atoms with Crippen LogP contribution < -0.4 is 20.2 Å². The van der Waals surface area contributed by atoms with Gasteiger partial charge in [0.2, 0.25) is 5.43 Å². The Morgan fingerprint density at radius 3 is 2.71 bits per heavy atom. The van der Waals surface area contributed by atoms with E-state index in [1.54, 1.807) is 7.11 Å². The van der Waals surface area contributed by atoms with Crippen molar-refractivity contribution in [3.63, 3.8) is 0 Å². The number of rotatable bonds is 5. The van der Waals surface area contributed by atoms with E-state index >= 15 is 0 Å². The zero-order valence-electron chi connectivity index (χ0n) is 13.3. The number of ether oxygens (including phenoxy) is 2. The van der Waals surface area contributed by atoms with Crippen LogP contribution in [0.4, 0.5) is 0 Å². The second kappa shape index (κ2) is 6.49. The fourth-order valence-corrected chi connectivity index (χ4v) is 2.41. The highest BCUT2D eigenvalue weighted by atomic mass is 16.5. The summed E-state index contributed by atoms with van der Waals surface area (Å²) in [5.74, 6) is 0.565. The number of carbonyl (C=O) groups excluding carboxylic acids is 1. The molecule has 3 rings (SSSR count). The van der Waals surface area contributed by atoms with Gasteiger partial charge >= 0.3 is 0 Å². The van der Waals surface area contributed by atoms with E-state index in [2.05, 4.69) is 15.3 Å². The maximum absolute atomic E-state index is 12.1. The number of benzene rings is 1. The molecule has 0 atom stereocenters. The van der Waals surface area contributed by atoms with Gasteiger partial charge in [-0.3, -0.25) is 9.59 Å². The van der Waals surface area contributed by atoms with Crippen molar-refractivity contribution in [2.75, 3.05) is 14.2 Å². The number of H-pyrrole nitrogens is 2. The number of carbonyl (C=O) groups is 1. The first-order valence-electron chi connectivity index (χ1n) is 7.31. The van der Waals surface area contributed by atoms with Crippen LogP contribution in [0.25, 0.3) is 10.9 Å². The van der Waals surface area contributed by atoms with Gasteiger partial charge in [0.1, 0.15) is 11.4 Å². The van der Waals surface area contributed by atoms with Crippen molar-refractivity contribution < 1.29 is 14.3 Å². The lowest BCUT2D eigenvalue weighted by atomic mass is 10.2. The number of fused-ring (bicyclic) bond motifs is 1. The number of amides is 1. The van der Waals surface area contributed by atoms with E-state index in [0.717, 1.165) is 22.3 Å². The highest BCUT2D eigenvalue weighted by molar-refractivity contribution is 5.92. The lowest BCUT2D eigenvalue weighted by Crippen LogP contribution is -2.25. The average molecular weight is 327 g/mol. The smallest absolute Gasteiger partial charge is 0.268 e. The summed E-state index contributed by atoms with van der Waals surface area (Å²) in [6, 6.07) is 8.85. The highest BCUT2D eigenvalue weighted by Gasteiger charge is 2.10. The Balaban J connectivity index is 1.72. The normalized spacial score (nSPS) is 10.6. The molecule has 0 saturated heterocycles. The monoisotopic (exact) mass is 327 g/mol. The lowest BCUT2D eigenvalue weighted by Gasteiger charge is -2.05. The summed E-state index contributed by atoms with van der Waals surface area (Å²) < 4.78 is 10.1. The van der Waals surface area contributed by atoms with Crippen molar-refractivity contribution in [3.8, 4) is 11.5 Å². The molecular formula is C17H17N3O4. The molecule has 0 spiro atoms. The number of hydrogen-bond acceptors (Lipinski definition) is 4. The van der Waals surface area contributed by atoms with Gasteiger partial charge in [-0.15, -0.1) is 0 Å². The number of aromatic amines is 2. The summed E-state index contributed by atoms with van der Waals surface area (Å²) >= 11 is 0. The Morgan fingerprint density at radius 1 is 1.17 bits per heavy atom. The lowest BCUT2D eigenvalue weighted by molar-refractivity contribution is 0.0945. The van der Waals surface area contributed by atoms with Gasteiger partial charge in [-0.25, -0.2) is 0 Å². The Morgan fingerprint density at radius 2 is 2.00 bits per heavy atom. The number of nitrogens with one attached hydrogen (secondary N) is 3. The summed E-state index contributed by atoms with van der Waals surface area (Å²) in [7, 11) is 3.01. The standard InChI is InChI=1S/C17H17N3O4/c1-23-12-3-4-13-10(6-12)5-11(20-13)8-19-17(22)14-7-15(21)16(24-2)9-18-14/h3-7,9,20H,8H2,1-2H3,(H,18,21)(H,19,22). The van der Waals surface area contributed by atoms with Crippen LogP contribution in [0.15, 0.2) is 41.3 Å². The SMILES string of the molecule is COc1ccc2[nH]c(CNC(=O)c3cc(=O)c(OC)c[nH]3)cc2c1. The molecule has 0 fully saturated rings. The van der Waals surface area contributed by atoms with Crippen LogP contribution in [0, 0.1) is 0 Å². The van der Waals surface area contributed by atoms with Crippen molar-refractivity contribution in [1.82, 2.24) is 15.3 Å². The van der Waals surface area contributed by atoms with E-state index in [4.69, 9.17) is 9.47 Å². The minimum Gasteiger partial charge on any atom is -0.497 e. The van der Waals surface area contributed by atoms with Crippen LogP contribution in [0.2, 0.25) is 0 Å². The summed E-state index contributed by atoms with van der Waals surface area (Å²) in [4.78, 5) is 29.8. The van der Waals surface area contributed by atoms with Gasteiger partial charge in [-0.05, 0) is 24.3 Å². The van der Waals surface area contributed by atoms with Crippen molar-refractivity contribution in [2.45, 2.75) is 6.54 Å². The Kier molecular flexibility index (Phi) is 4.24. The number of pyridine rings is 1. The molecule has 3 N–H and O–H groups in total. The van der Waals surface area contributed by atoms with Gasteiger partial charge in [-0.2, -0.15) is 0 Å². The van der Waals surface area contributed by atoms with Gasteiger partial charge in [-0.1, -0.05) is 0 Å². The van der Waals surface area contributed by atoms with Crippen LogP contribution in [-0.4, -0.2) is 30.1 Å². The molecule has 0 radical (unpaired) electrons. The van der Waals surface area contributed by atoms with Gasteiger partial charge in [0.15, 0.2) is 5.75 Å². The van der Waals surface area contributed by atoms with Gasteiger partial charge < -0.3 is 24.8 Å². The minimum absolute atomic E-state index is 0.163. The predicted molar refractivity (Wildman–Crippen MR) is 89.6 cm³/mol. The molecule has 7 nitrogen and oxygen atoms in total. The first-order chi connectivity index (χ1) is 11.6. The van der Waals surface area contributed by atoms with E-state index in [1.165, 1.54) is 19.4 Å². The van der Waals surface area contributed by atoms with Gasteiger partial charge in [0.05, 0.1) is 20.8 Å². The van der Waals surface area contributed by atoms with E-state index in [0.29, 0.717) is 6.54 Å². The summed E-state index contributed by atoms with van der Waals surface area (Å²) in [5, 5.41) is 3.75. The van der Waals surface area contributed by atoms with Crippen molar-refractivity contribution in [3.05, 3.63) is 58.1 Å². The minimum atomic E-state index is -0.369. The van der Waals surface area contributed by atoms with Crippen molar-refractivity contribution >= 4 is 16.8 Å². The fraction of sp³-hybridized carbons (Fsp3) is 0.176. The first kappa shape index (κ1) is 15.7. The third-order valence-corrected chi connectivity index (χ3v) is 3.66.